The van der Waals surface area contributed by atoms with Gasteiger partial charge in [0.1, 0.15) is 0 Å². The van der Waals surface area contributed by atoms with E-state index in [-0.39, 0.29) is 11.8 Å². The van der Waals surface area contributed by atoms with Crippen molar-refractivity contribution in [3.8, 4) is 5.75 Å². The van der Waals surface area contributed by atoms with Crippen LogP contribution in [0.5, 0.6) is 5.75 Å². The lowest BCUT2D eigenvalue weighted by molar-refractivity contribution is 0.206. The molecule has 0 fully saturated rings. The Balaban J connectivity index is 1.88. The molecule has 0 aliphatic rings. The number of amides is 2. The van der Waals surface area contributed by atoms with Crippen molar-refractivity contribution < 1.29 is 13.9 Å². The molecule has 6 heteroatoms. The average molecular weight is 345 g/mol. The van der Waals surface area contributed by atoms with Crippen LogP contribution in [0.2, 0.25) is 0 Å². The monoisotopic (exact) mass is 345 g/mol. The first kappa shape index (κ1) is 18.6. The molecule has 5 nitrogen and oxygen atoms in total. The molecule has 0 heterocycles. The normalized spacial score (nSPS) is 10.3. The zero-order valence-electron chi connectivity index (χ0n) is 15.0. The average Bonchev–Trinajstić information content (AvgIpc) is 2.60. The smallest absolute Gasteiger partial charge is 0.317 e. The molecule has 2 aromatic rings. The quantitative estimate of drug-likeness (QED) is 0.874. The first-order chi connectivity index (χ1) is 11.9. The van der Waals surface area contributed by atoms with E-state index >= 15 is 0 Å². The molecule has 0 bridgehead atoms. The highest BCUT2D eigenvalue weighted by Crippen LogP contribution is 2.18. The largest absolute Gasteiger partial charge is 0.494 e. The van der Waals surface area contributed by atoms with E-state index in [0.717, 1.165) is 11.3 Å². The van der Waals surface area contributed by atoms with Crippen LogP contribution in [0.15, 0.2) is 42.5 Å². The first-order valence-corrected chi connectivity index (χ1v) is 7.98. The second-order valence-corrected chi connectivity index (χ2v) is 6.04. The van der Waals surface area contributed by atoms with Gasteiger partial charge in [-0.15, -0.1) is 0 Å². The number of nitrogens with one attached hydrogen (secondary N) is 1. The summed E-state index contributed by atoms with van der Waals surface area (Å²) in [6.45, 7) is 0.750. The van der Waals surface area contributed by atoms with Gasteiger partial charge in [0.2, 0.25) is 0 Å². The van der Waals surface area contributed by atoms with Gasteiger partial charge in [0.15, 0.2) is 11.6 Å². The van der Waals surface area contributed by atoms with Gasteiger partial charge in [-0.05, 0) is 35.4 Å². The SMILES string of the molecule is COc1ccc(CN(C)C(=O)NCc2ccc(N(C)C)cc2)cc1F. The summed E-state index contributed by atoms with van der Waals surface area (Å²) < 4.78 is 18.6. The highest BCUT2D eigenvalue weighted by molar-refractivity contribution is 5.73. The molecule has 2 aromatic carbocycles. The van der Waals surface area contributed by atoms with Gasteiger partial charge in [0, 0.05) is 39.9 Å². The third-order valence-corrected chi connectivity index (χ3v) is 3.88. The van der Waals surface area contributed by atoms with Gasteiger partial charge < -0.3 is 19.9 Å². The van der Waals surface area contributed by atoms with Gasteiger partial charge in [-0.2, -0.15) is 0 Å². The molecule has 25 heavy (non-hydrogen) atoms. The number of carbonyl (C=O) groups is 1. The number of carbonyl (C=O) groups excluding carboxylic acids is 1. The Labute approximate surface area is 148 Å². The first-order valence-electron chi connectivity index (χ1n) is 7.98. The van der Waals surface area contributed by atoms with Crippen molar-refractivity contribution in [3.63, 3.8) is 0 Å². The molecule has 0 aliphatic carbocycles. The Hall–Kier alpha value is -2.76. The number of methoxy groups -OCH3 is 1. The lowest BCUT2D eigenvalue weighted by Gasteiger charge is -2.19. The predicted octanol–water partition coefficient (Wildman–Crippen LogP) is 3.24. The molecule has 0 saturated heterocycles. The van der Waals surface area contributed by atoms with Crippen molar-refractivity contribution in [2.45, 2.75) is 13.1 Å². The van der Waals surface area contributed by atoms with Crippen LogP contribution in [0.3, 0.4) is 0 Å². The molecular weight excluding hydrogens is 321 g/mol. The maximum atomic E-state index is 13.7. The number of ether oxygens (including phenoxy) is 1. The fourth-order valence-corrected chi connectivity index (χ4v) is 2.38. The molecule has 0 atom stereocenters. The lowest BCUT2D eigenvalue weighted by Crippen LogP contribution is -2.36. The van der Waals surface area contributed by atoms with Gasteiger partial charge in [0.25, 0.3) is 0 Å². The maximum Gasteiger partial charge on any atom is 0.317 e. The lowest BCUT2D eigenvalue weighted by atomic mass is 10.2. The molecule has 0 saturated carbocycles. The fourth-order valence-electron chi connectivity index (χ4n) is 2.38. The number of hydrogen-bond acceptors (Lipinski definition) is 3. The van der Waals surface area contributed by atoms with E-state index in [1.807, 2.05) is 43.3 Å². The molecule has 2 amide bonds. The van der Waals surface area contributed by atoms with Crippen LogP contribution in [0.1, 0.15) is 11.1 Å². The Bertz CT molecular complexity index is 717. The van der Waals surface area contributed by atoms with Crippen LogP contribution in [-0.2, 0) is 13.1 Å². The van der Waals surface area contributed by atoms with Gasteiger partial charge in [-0.1, -0.05) is 18.2 Å². The van der Waals surface area contributed by atoms with Gasteiger partial charge in [-0.25, -0.2) is 9.18 Å². The van der Waals surface area contributed by atoms with Crippen molar-refractivity contribution in [1.29, 1.82) is 0 Å². The topological polar surface area (TPSA) is 44.8 Å². The summed E-state index contributed by atoms with van der Waals surface area (Å²) in [6, 6.07) is 12.4. The number of hydrogen-bond donors (Lipinski definition) is 1. The Morgan fingerprint density at radius 1 is 1.08 bits per heavy atom. The van der Waals surface area contributed by atoms with E-state index in [2.05, 4.69) is 5.32 Å². The fraction of sp³-hybridized carbons (Fsp3) is 0.316. The van der Waals surface area contributed by atoms with Crippen LogP contribution in [0, 0.1) is 5.82 Å². The summed E-state index contributed by atoms with van der Waals surface area (Å²) in [7, 11) is 7.05. The highest BCUT2D eigenvalue weighted by atomic mass is 19.1. The minimum absolute atomic E-state index is 0.192. The van der Waals surface area contributed by atoms with Crippen LogP contribution in [-0.4, -0.2) is 39.2 Å². The molecule has 0 aliphatic heterocycles. The van der Waals surface area contributed by atoms with E-state index < -0.39 is 5.82 Å². The standard InChI is InChI=1S/C19H24FN3O2/c1-22(2)16-8-5-14(6-9-16)12-21-19(24)23(3)13-15-7-10-18(25-4)17(20)11-15/h5-11H,12-13H2,1-4H3,(H,21,24). The molecule has 0 radical (unpaired) electrons. The molecule has 134 valence electrons. The number of anilines is 1. The molecule has 0 unspecified atom stereocenters. The van der Waals surface area contributed by atoms with Crippen LogP contribution < -0.4 is 15.0 Å². The number of benzene rings is 2. The van der Waals surface area contributed by atoms with Crippen LogP contribution >= 0.6 is 0 Å². The minimum atomic E-state index is -0.435. The number of halogens is 1. The van der Waals surface area contributed by atoms with Crippen molar-refractivity contribution in [1.82, 2.24) is 10.2 Å². The Kier molecular flexibility index (Phi) is 6.22. The number of urea groups is 1. The number of rotatable bonds is 6. The molecule has 2 rings (SSSR count). The molecule has 1 N–H and O–H groups in total. The summed E-state index contributed by atoms with van der Waals surface area (Å²) >= 11 is 0. The Morgan fingerprint density at radius 2 is 1.72 bits per heavy atom. The highest BCUT2D eigenvalue weighted by Gasteiger charge is 2.11. The second-order valence-electron chi connectivity index (χ2n) is 6.04. The van der Waals surface area contributed by atoms with E-state index in [4.69, 9.17) is 4.74 Å². The van der Waals surface area contributed by atoms with Crippen molar-refractivity contribution in [2.24, 2.45) is 0 Å². The third-order valence-electron chi connectivity index (χ3n) is 3.88. The third kappa shape index (κ3) is 5.11. The van der Waals surface area contributed by atoms with E-state index in [9.17, 15) is 9.18 Å². The number of nitrogens with zero attached hydrogens (tertiary/aromatic N) is 2. The summed E-state index contributed by atoms with van der Waals surface area (Å²) in [5, 5.41) is 2.86. The summed E-state index contributed by atoms with van der Waals surface area (Å²) in [5.41, 5.74) is 2.82. The van der Waals surface area contributed by atoms with E-state index in [1.165, 1.54) is 18.1 Å². The minimum Gasteiger partial charge on any atom is -0.494 e. The Morgan fingerprint density at radius 3 is 2.28 bits per heavy atom. The second kappa shape index (κ2) is 8.37. The van der Waals surface area contributed by atoms with Gasteiger partial charge in [0.05, 0.1) is 7.11 Å². The predicted molar refractivity (Wildman–Crippen MR) is 97.4 cm³/mol. The van der Waals surface area contributed by atoms with Crippen molar-refractivity contribution in [2.75, 3.05) is 33.2 Å². The van der Waals surface area contributed by atoms with Gasteiger partial charge >= 0.3 is 6.03 Å². The van der Waals surface area contributed by atoms with E-state index in [1.54, 1.807) is 19.2 Å². The van der Waals surface area contributed by atoms with Crippen LogP contribution in [0.25, 0.3) is 0 Å². The van der Waals surface area contributed by atoms with Crippen molar-refractivity contribution >= 4 is 11.7 Å². The molecular formula is C19H24FN3O2. The zero-order chi connectivity index (χ0) is 18.4. The van der Waals surface area contributed by atoms with E-state index in [0.29, 0.717) is 18.7 Å². The summed E-state index contributed by atoms with van der Waals surface area (Å²) in [6.07, 6.45) is 0. The van der Waals surface area contributed by atoms with Crippen LogP contribution in [0.4, 0.5) is 14.9 Å². The van der Waals surface area contributed by atoms with Gasteiger partial charge in [-0.3, -0.25) is 0 Å². The molecule has 0 spiro atoms. The zero-order valence-corrected chi connectivity index (χ0v) is 15.0. The summed E-state index contributed by atoms with van der Waals surface area (Å²) in [5.74, 6) is -0.244. The molecule has 0 aromatic heterocycles. The summed E-state index contributed by atoms with van der Waals surface area (Å²) in [4.78, 5) is 15.7. The van der Waals surface area contributed by atoms with Crippen molar-refractivity contribution in [3.05, 3.63) is 59.4 Å². The maximum absolute atomic E-state index is 13.7.